The molecule has 2 rings (SSSR count). The van der Waals surface area contributed by atoms with Crippen molar-refractivity contribution in [2.75, 3.05) is 11.9 Å². The summed E-state index contributed by atoms with van der Waals surface area (Å²) in [6.45, 7) is 3.39. The second-order valence-corrected chi connectivity index (χ2v) is 5.18. The Morgan fingerprint density at radius 2 is 2.15 bits per heavy atom. The second kappa shape index (κ2) is 7.24. The predicted octanol–water partition coefficient (Wildman–Crippen LogP) is 4.38. The summed E-state index contributed by atoms with van der Waals surface area (Å²) in [6.07, 6.45) is 2.81. The van der Waals surface area contributed by atoms with E-state index in [4.69, 9.17) is 4.74 Å². The van der Waals surface area contributed by atoms with Crippen LogP contribution in [-0.2, 0) is 6.61 Å². The highest BCUT2D eigenvalue weighted by molar-refractivity contribution is 9.10. The fourth-order valence-electron chi connectivity index (χ4n) is 1.66. The first-order valence-corrected chi connectivity index (χ1v) is 7.25. The van der Waals surface area contributed by atoms with Gasteiger partial charge in [-0.15, -0.1) is 0 Å². The number of nitrogens with one attached hydrogen (secondary N) is 1. The van der Waals surface area contributed by atoms with Gasteiger partial charge in [-0.1, -0.05) is 6.92 Å². The van der Waals surface area contributed by atoms with Crippen LogP contribution in [-0.4, -0.2) is 11.5 Å². The highest BCUT2D eigenvalue weighted by Gasteiger charge is 2.03. The minimum atomic E-state index is -0.304. The second-order valence-electron chi connectivity index (χ2n) is 4.33. The molecule has 0 aliphatic carbocycles. The van der Waals surface area contributed by atoms with Gasteiger partial charge in [0, 0.05) is 18.4 Å². The maximum absolute atomic E-state index is 13.1. The number of halogens is 2. The zero-order chi connectivity index (χ0) is 14.4. The molecule has 0 atom stereocenters. The van der Waals surface area contributed by atoms with Gasteiger partial charge in [0.2, 0.25) is 0 Å². The van der Waals surface area contributed by atoms with Crippen molar-refractivity contribution in [3.05, 3.63) is 52.5 Å². The molecule has 0 amide bonds. The third-order valence-electron chi connectivity index (χ3n) is 2.67. The van der Waals surface area contributed by atoms with Crippen molar-refractivity contribution < 1.29 is 9.13 Å². The number of nitrogens with zero attached hydrogens (tertiary/aromatic N) is 1. The molecule has 2 aromatic rings. The molecule has 1 N–H and O–H groups in total. The molecule has 1 aromatic carbocycles. The van der Waals surface area contributed by atoms with Gasteiger partial charge in [0.25, 0.3) is 0 Å². The number of rotatable bonds is 6. The van der Waals surface area contributed by atoms with E-state index in [-0.39, 0.29) is 5.82 Å². The molecular weight excluding hydrogens is 323 g/mol. The van der Waals surface area contributed by atoms with Crippen LogP contribution < -0.4 is 10.1 Å². The molecule has 0 spiro atoms. The van der Waals surface area contributed by atoms with Crippen molar-refractivity contribution in [2.45, 2.75) is 20.0 Å². The van der Waals surface area contributed by atoms with E-state index in [0.717, 1.165) is 24.3 Å². The van der Waals surface area contributed by atoms with E-state index in [2.05, 4.69) is 33.2 Å². The van der Waals surface area contributed by atoms with E-state index >= 15 is 0 Å². The lowest BCUT2D eigenvalue weighted by atomic mass is 10.3. The van der Waals surface area contributed by atoms with Gasteiger partial charge < -0.3 is 10.1 Å². The Bertz CT molecular complexity index is 578. The average Bonchev–Trinajstić information content (AvgIpc) is 2.47. The number of anilines is 1. The summed E-state index contributed by atoms with van der Waals surface area (Å²) in [7, 11) is 0. The molecule has 0 aliphatic heterocycles. The number of hydrogen-bond acceptors (Lipinski definition) is 3. The Hall–Kier alpha value is -1.62. The van der Waals surface area contributed by atoms with Gasteiger partial charge in [-0.05, 0) is 52.7 Å². The lowest BCUT2D eigenvalue weighted by Gasteiger charge is -2.09. The summed E-state index contributed by atoms with van der Waals surface area (Å²) in [5.74, 6) is 0.299. The first-order valence-electron chi connectivity index (χ1n) is 6.45. The van der Waals surface area contributed by atoms with E-state index in [1.54, 1.807) is 18.3 Å². The van der Waals surface area contributed by atoms with Crippen molar-refractivity contribution in [1.82, 2.24) is 4.98 Å². The number of pyridine rings is 1. The summed E-state index contributed by atoms with van der Waals surface area (Å²) in [5.41, 5.74) is 1.85. The largest absolute Gasteiger partial charge is 0.487 e. The predicted molar refractivity (Wildman–Crippen MR) is 81.4 cm³/mol. The third-order valence-corrected chi connectivity index (χ3v) is 3.28. The topological polar surface area (TPSA) is 34.2 Å². The molecule has 20 heavy (non-hydrogen) atoms. The van der Waals surface area contributed by atoms with Crippen molar-refractivity contribution >= 4 is 21.6 Å². The maximum atomic E-state index is 13.1. The number of hydrogen-bond donors (Lipinski definition) is 1. The summed E-state index contributed by atoms with van der Waals surface area (Å²) in [4.78, 5) is 4.25. The first-order chi connectivity index (χ1) is 9.69. The molecule has 0 aliphatic rings. The van der Waals surface area contributed by atoms with Crippen LogP contribution in [0.5, 0.6) is 5.75 Å². The normalized spacial score (nSPS) is 10.3. The molecule has 5 heteroatoms. The first kappa shape index (κ1) is 14.8. The van der Waals surface area contributed by atoms with Gasteiger partial charge in [0.1, 0.15) is 18.2 Å². The highest BCUT2D eigenvalue weighted by Crippen LogP contribution is 2.22. The molecule has 106 valence electrons. The highest BCUT2D eigenvalue weighted by atomic mass is 79.9. The van der Waals surface area contributed by atoms with Crippen LogP contribution in [0.3, 0.4) is 0 Å². The van der Waals surface area contributed by atoms with Crippen LogP contribution in [0.1, 0.15) is 19.0 Å². The molecule has 1 aromatic heterocycles. The molecule has 3 nitrogen and oxygen atoms in total. The SMILES string of the molecule is CCCNc1ccnc(COc2ccc(F)c(Br)c2)c1. The number of aromatic nitrogens is 1. The van der Waals surface area contributed by atoms with Crippen LogP contribution >= 0.6 is 15.9 Å². The van der Waals surface area contributed by atoms with Crippen LogP contribution in [0.15, 0.2) is 41.0 Å². The molecule has 0 bridgehead atoms. The Labute approximate surface area is 126 Å². The lowest BCUT2D eigenvalue weighted by Crippen LogP contribution is -2.03. The summed E-state index contributed by atoms with van der Waals surface area (Å²) < 4.78 is 19.1. The Balaban J connectivity index is 1.97. The van der Waals surface area contributed by atoms with Crippen LogP contribution in [0.2, 0.25) is 0 Å². The molecule has 1 heterocycles. The number of ether oxygens (including phenoxy) is 1. The smallest absolute Gasteiger partial charge is 0.137 e. The molecule has 0 saturated carbocycles. The Morgan fingerprint density at radius 3 is 2.90 bits per heavy atom. The monoisotopic (exact) mass is 338 g/mol. The lowest BCUT2D eigenvalue weighted by molar-refractivity contribution is 0.300. The molecular formula is C15H16BrFN2O. The minimum Gasteiger partial charge on any atom is -0.487 e. The van der Waals surface area contributed by atoms with E-state index in [1.165, 1.54) is 6.07 Å². The van der Waals surface area contributed by atoms with Crippen molar-refractivity contribution in [3.8, 4) is 5.75 Å². The van der Waals surface area contributed by atoms with Gasteiger partial charge in [0.05, 0.1) is 10.2 Å². The van der Waals surface area contributed by atoms with Crippen LogP contribution in [0.4, 0.5) is 10.1 Å². The maximum Gasteiger partial charge on any atom is 0.137 e. The Kier molecular flexibility index (Phi) is 5.35. The van der Waals surface area contributed by atoms with Crippen molar-refractivity contribution in [2.24, 2.45) is 0 Å². The zero-order valence-electron chi connectivity index (χ0n) is 11.2. The van der Waals surface area contributed by atoms with Crippen LogP contribution in [0, 0.1) is 5.82 Å². The molecule has 0 radical (unpaired) electrons. The summed E-state index contributed by atoms with van der Waals surface area (Å²) in [6, 6.07) is 8.45. The molecule has 0 saturated heterocycles. The number of benzene rings is 1. The van der Waals surface area contributed by atoms with E-state index in [1.807, 2.05) is 12.1 Å². The molecule has 0 fully saturated rings. The van der Waals surface area contributed by atoms with Crippen LogP contribution in [0.25, 0.3) is 0 Å². The van der Waals surface area contributed by atoms with Gasteiger partial charge in [0.15, 0.2) is 0 Å². The van der Waals surface area contributed by atoms with Gasteiger partial charge in [-0.3, -0.25) is 4.98 Å². The van der Waals surface area contributed by atoms with E-state index in [9.17, 15) is 4.39 Å². The van der Waals surface area contributed by atoms with Gasteiger partial charge in [-0.25, -0.2) is 4.39 Å². The minimum absolute atomic E-state index is 0.304. The molecule has 0 unspecified atom stereocenters. The van der Waals surface area contributed by atoms with Crippen molar-refractivity contribution in [3.63, 3.8) is 0 Å². The standard InChI is InChI=1S/C15H16BrFN2O/c1-2-6-18-11-5-7-19-12(8-11)10-20-13-3-4-15(17)14(16)9-13/h3-5,7-9H,2,6,10H2,1H3,(H,18,19). The zero-order valence-corrected chi connectivity index (χ0v) is 12.8. The van der Waals surface area contributed by atoms with E-state index < -0.39 is 0 Å². The summed E-state index contributed by atoms with van der Waals surface area (Å²) in [5, 5.41) is 3.30. The quantitative estimate of drug-likeness (QED) is 0.848. The average molecular weight is 339 g/mol. The third kappa shape index (κ3) is 4.20. The summed E-state index contributed by atoms with van der Waals surface area (Å²) >= 11 is 3.13. The van der Waals surface area contributed by atoms with Gasteiger partial charge in [-0.2, -0.15) is 0 Å². The Morgan fingerprint density at radius 1 is 1.30 bits per heavy atom. The van der Waals surface area contributed by atoms with E-state index in [0.29, 0.717) is 16.8 Å². The fourth-order valence-corrected chi connectivity index (χ4v) is 2.02. The van der Waals surface area contributed by atoms with Crippen molar-refractivity contribution in [1.29, 1.82) is 0 Å². The fraction of sp³-hybridized carbons (Fsp3) is 0.267. The van der Waals surface area contributed by atoms with Gasteiger partial charge >= 0.3 is 0 Å².